The van der Waals surface area contributed by atoms with E-state index < -0.39 is 0 Å². The van der Waals surface area contributed by atoms with Gasteiger partial charge in [-0.1, -0.05) is 30.3 Å². The van der Waals surface area contributed by atoms with E-state index in [1.165, 1.54) is 0 Å². The van der Waals surface area contributed by atoms with Crippen molar-refractivity contribution in [2.75, 3.05) is 18.4 Å². The molecular formula is C22H24N4O2. The van der Waals surface area contributed by atoms with Crippen LogP contribution in [0.1, 0.15) is 25.1 Å². The summed E-state index contributed by atoms with van der Waals surface area (Å²) in [6.07, 6.45) is 2.44. The molecule has 1 fully saturated rings. The fraction of sp³-hybridized carbons (Fsp3) is 0.318. The number of amides is 2. The zero-order chi connectivity index (χ0) is 19.3. The molecule has 6 heteroatoms. The van der Waals surface area contributed by atoms with Gasteiger partial charge in [-0.05, 0) is 37.1 Å². The Morgan fingerprint density at radius 2 is 1.75 bits per heavy atom. The number of hydrogen-bond donors (Lipinski definition) is 2. The maximum Gasteiger partial charge on any atom is 0.227 e. The van der Waals surface area contributed by atoms with Crippen molar-refractivity contribution in [3.63, 3.8) is 0 Å². The van der Waals surface area contributed by atoms with Crippen molar-refractivity contribution in [3.05, 3.63) is 60.4 Å². The quantitative estimate of drug-likeness (QED) is 0.717. The number of fused-ring (bicyclic) bond motifs is 1. The molecule has 0 saturated carbocycles. The van der Waals surface area contributed by atoms with E-state index in [1.807, 2.05) is 59.5 Å². The number of anilines is 1. The Bertz CT molecular complexity index is 926. The van der Waals surface area contributed by atoms with Crippen LogP contribution in [0.2, 0.25) is 0 Å². The highest BCUT2D eigenvalue weighted by Crippen LogP contribution is 2.20. The van der Waals surface area contributed by atoms with E-state index in [1.54, 1.807) is 0 Å². The third-order valence-electron chi connectivity index (χ3n) is 5.27. The van der Waals surface area contributed by atoms with Crippen LogP contribution in [0.5, 0.6) is 0 Å². The van der Waals surface area contributed by atoms with Crippen LogP contribution in [0.4, 0.5) is 5.69 Å². The van der Waals surface area contributed by atoms with Crippen molar-refractivity contribution in [2.45, 2.75) is 25.7 Å². The highest BCUT2D eigenvalue weighted by atomic mass is 16.2. The van der Waals surface area contributed by atoms with Gasteiger partial charge in [0.1, 0.15) is 5.82 Å². The Kier molecular flexibility index (Phi) is 5.37. The van der Waals surface area contributed by atoms with Crippen molar-refractivity contribution in [3.8, 4) is 0 Å². The number of H-pyrrole nitrogens is 1. The molecule has 4 rings (SSSR count). The number of imidazole rings is 1. The molecule has 1 aliphatic heterocycles. The van der Waals surface area contributed by atoms with Crippen LogP contribution in [0.25, 0.3) is 11.0 Å². The first-order valence-corrected chi connectivity index (χ1v) is 9.76. The molecule has 0 unspecified atom stereocenters. The van der Waals surface area contributed by atoms with Gasteiger partial charge in [-0.25, -0.2) is 4.98 Å². The number of para-hydroxylation sites is 3. The Labute approximate surface area is 164 Å². The summed E-state index contributed by atoms with van der Waals surface area (Å²) in [7, 11) is 0. The van der Waals surface area contributed by atoms with Crippen molar-refractivity contribution in [2.24, 2.45) is 5.92 Å². The molecule has 0 atom stereocenters. The minimum absolute atomic E-state index is 0.0420. The molecule has 2 amide bonds. The highest BCUT2D eigenvalue weighted by Gasteiger charge is 2.27. The second kappa shape index (κ2) is 8.25. The van der Waals surface area contributed by atoms with Gasteiger partial charge >= 0.3 is 0 Å². The minimum atomic E-state index is -0.0420. The molecular weight excluding hydrogens is 352 g/mol. The molecule has 2 aromatic carbocycles. The average Bonchev–Trinajstić information content (AvgIpc) is 3.16. The molecule has 144 valence electrons. The van der Waals surface area contributed by atoms with Crippen LogP contribution < -0.4 is 5.32 Å². The van der Waals surface area contributed by atoms with E-state index in [-0.39, 0.29) is 17.7 Å². The number of piperidine rings is 1. The number of carbonyl (C=O) groups excluding carboxylic acids is 2. The molecule has 0 spiro atoms. The van der Waals surface area contributed by atoms with Gasteiger partial charge in [0.15, 0.2) is 0 Å². The average molecular weight is 376 g/mol. The summed E-state index contributed by atoms with van der Waals surface area (Å²) in [5.74, 6) is 0.967. The number of nitrogens with one attached hydrogen (secondary N) is 2. The molecule has 1 aliphatic rings. The summed E-state index contributed by atoms with van der Waals surface area (Å²) in [5.41, 5.74) is 2.74. The van der Waals surface area contributed by atoms with E-state index in [0.29, 0.717) is 38.8 Å². The van der Waals surface area contributed by atoms with E-state index >= 15 is 0 Å². The van der Waals surface area contributed by atoms with E-state index in [0.717, 1.165) is 22.5 Å². The number of rotatable bonds is 5. The number of aromatic nitrogens is 2. The number of aryl methyl sites for hydroxylation is 1. The highest BCUT2D eigenvalue weighted by molar-refractivity contribution is 5.92. The van der Waals surface area contributed by atoms with Gasteiger partial charge in [0.2, 0.25) is 11.8 Å². The standard InChI is InChI=1S/C22H24N4O2/c27-21(11-10-20-24-18-8-4-5-9-19(18)25-20)26-14-12-16(13-15-26)22(28)23-17-6-2-1-3-7-17/h1-9,16H,10-15H2,(H,23,28)(H,24,25). The molecule has 0 bridgehead atoms. The van der Waals surface area contributed by atoms with Gasteiger partial charge in [0.25, 0.3) is 0 Å². The summed E-state index contributed by atoms with van der Waals surface area (Å²) in [6, 6.07) is 17.4. The smallest absolute Gasteiger partial charge is 0.227 e. The lowest BCUT2D eigenvalue weighted by molar-refractivity contribution is -0.134. The Morgan fingerprint density at radius 1 is 1.04 bits per heavy atom. The molecule has 0 radical (unpaired) electrons. The van der Waals surface area contributed by atoms with Crippen LogP contribution in [-0.4, -0.2) is 39.8 Å². The number of aromatic amines is 1. The minimum Gasteiger partial charge on any atom is -0.343 e. The van der Waals surface area contributed by atoms with E-state index in [4.69, 9.17) is 0 Å². The fourth-order valence-electron chi connectivity index (χ4n) is 3.66. The summed E-state index contributed by atoms with van der Waals surface area (Å²) < 4.78 is 0. The second-order valence-electron chi connectivity index (χ2n) is 7.21. The summed E-state index contributed by atoms with van der Waals surface area (Å²) in [6.45, 7) is 1.26. The summed E-state index contributed by atoms with van der Waals surface area (Å²) >= 11 is 0. The number of hydrogen-bond acceptors (Lipinski definition) is 3. The SMILES string of the molecule is O=C(Nc1ccccc1)C1CCN(C(=O)CCc2nc3ccccc3[nH]2)CC1. The van der Waals surface area contributed by atoms with Crippen molar-refractivity contribution in [1.29, 1.82) is 0 Å². The molecule has 28 heavy (non-hydrogen) atoms. The fourth-order valence-corrected chi connectivity index (χ4v) is 3.66. The Hall–Kier alpha value is -3.15. The zero-order valence-electron chi connectivity index (χ0n) is 15.7. The third kappa shape index (κ3) is 4.22. The van der Waals surface area contributed by atoms with Crippen LogP contribution in [0.15, 0.2) is 54.6 Å². The van der Waals surface area contributed by atoms with E-state index in [9.17, 15) is 9.59 Å². The topological polar surface area (TPSA) is 78.1 Å². The molecule has 0 aliphatic carbocycles. The summed E-state index contributed by atoms with van der Waals surface area (Å²) in [4.78, 5) is 34.6. The number of likely N-dealkylation sites (tertiary alicyclic amines) is 1. The first-order valence-electron chi connectivity index (χ1n) is 9.76. The maximum atomic E-state index is 12.5. The van der Waals surface area contributed by atoms with Crippen molar-refractivity contribution < 1.29 is 9.59 Å². The molecule has 2 heterocycles. The number of nitrogens with zero attached hydrogens (tertiary/aromatic N) is 2. The van der Waals surface area contributed by atoms with Gasteiger partial charge in [-0.2, -0.15) is 0 Å². The lowest BCUT2D eigenvalue weighted by Gasteiger charge is -2.31. The predicted molar refractivity (Wildman–Crippen MR) is 109 cm³/mol. The van der Waals surface area contributed by atoms with Crippen LogP contribution in [0, 0.1) is 5.92 Å². The van der Waals surface area contributed by atoms with Crippen molar-refractivity contribution >= 4 is 28.5 Å². The van der Waals surface area contributed by atoms with Crippen LogP contribution >= 0.6 is 0 Å². The monoisotopic (exact) mass is 376 g/mol. The van der Waals surface area contributed by atoms with Gasteiger partial charge in [0.05, 0.1) is 11.0 Å². The van der Waals surface area contributed by atoms with Crippen molar-refractivity contribution in [1.82, 2.24) is 14.9 Å². The van der Waals surface area contributed by atoms with Crippen LogP contribution in [-0.2, 0) is 16.0 Å². The lowest BCUT2D eigenvalue weighted by Crippen LogP contribution is -2.41. The summed E-state index contributed by atoms with van der Waals surface area (Å²) in [5, 5.41) is 2.96. The normalized spacial score (nSPS) is 14.9. The van der Waals surface area contributed by atoms with Gasteiger partial charge < -0.3 is 15.2 Å². The molecule has 2 N–H and O–H groups in total. The van der Waals surface area contributed by atoms with Gasteiger partial charge in [-0.3, -0.25) is 9.59 Å². The van der Waals surface area contributed by atoms with Gasteiger partial charge in [-0.15, -0.1) is 0 Å². The molecule has 1 aromatic heterocycles. The molecule has 1 saturated heterocycles. The zero-order valence-corrected chi connectivity index (χ0v) is 15.7. The largest absolute Gasteiger partial charge is 0.343 e. The number of benzene rings is 2. The van der Waals surface area contributed by atoms with Gasteiger partial charge in [0, 0.05) is 37.5 Å². The molecule has 3 aromatic rings. The third-order valence-corrected chi connectivity index (χ3v) is 5.27. The maximum absolute atomic E-state index is 12.5. The number of carbonyl (C=O) groups is 2. The first kappa shape index (κ1) is 18.2. The second-order valence-corrected chi connectivity index (χ2v) is 7.21. The lowest BCUT2D eigenvalue weighted by atomic mass is 9.95. The molecule has 6 nitrogen and oxygen atoms in total. The van der Waals surface area contributed by atoms with E-state index in [2.05, 4.69) is 15.3 Å². The first-order chi connectivity index (χ1) is 13.7. The predicted octanol–water partition coefficient (Wildman–Crippen LogP) is 3.37. The Balaban J connectivity index is 1.25. The Morgan fingerprint density at radius 3 is 2.50 bits per heavy atom. The van der Waals surface area contributed by atoms with Crippen LogP contribution in [0.3, 0.4) is 0 Å².